The molecule has 2 aromatic rings. The van der Waals surface area contributed by atoms with Gasteiger partial charge in [-0.05, 0) is 42.7 Å². The average molecular weight is 512 g/mol. The second kappa shape index (κ2) is 12.2. The van der Waals surface area contributed by atoms with Gasteiger partial charge in [0.1, 0.15) is 0 Å². The minimum atomic E-state index is -0.623. The van der Waals surface area contributed by atoms with Gasteiger partial charge in [0.25, 0.3) is 5.91 Å². The third-order valence-corrected chi connectivity index (χ3v) is 5.98. The third-order valence-electron chi connectivity index (χ3n) is 5.98. The van der Waals surface area contributed by atoms with Crippen molar-refractivity contribution in [3.05, 3.63) is 53.1 Å². The van der Waals surface area contributed by atoms with Crippen LogP contribution in [0.15, 0.2) is 36.4 Å². The van der Waals surface area contributed by atoms with Crippen LogP contribution >= 0.6 is 0 Å². The predicted octanol–water partition coefficient (Wildman–Crippen LogP) is 3.71. The molecule has 0 fully saturated rings. The van der Waals surface area contributed by atoms with Gasteiger partial charge in [-0.3, -0.25) is 19.2 Å². The summed E-state index contributed by atoms with van der Waals surface area (Å²) in [5, 5.41) is 3.77. The Labute approximate surface area is 216 Å². The van der Waals surface area contributed by atoms with E-state index in [2.05, 4.69) is 5.32 Å². The highest BCUT2D eigenvalue weighted by atomic mass is 16.7. The van der Waals surface area contributed by atoms with Crippen LogP contribution in [-0.4, -0.2) is 54.4 Å². The number of amides is 3. The highest BCUT2D eigenvalue weighted by molar-refractivity contribution is 6.07. The lowest BCUT2D eigenvalue weighted by atomic mass is 10.0. The zero-order chi connectivity index (χ0) is 27.1. The molecule has 1 aliphatic heterocycles. The van der Waals surface area contributed by atoms with Crippen LogP contribution in [-0.2, 0) is 25.8 Å². The number of ether oxygens (including phenoxy) is 2. The molecular formula is C27H33N3O7. The fourth-order valence-corrected chi connectivity index (χ4v) is 4.22. The molecule has 0 aliphatic carbocycles. The summed E-state index contributed by atoms with van der Waals surface area (Å²) in [7, 11) is 1.55. The van der Waals surface area contributed by atoms with Crippen molar-refractivity contribution in [2.75, 3.05) is 25.6 Å². The molecule has 0 aromatic heterocycles. The second-order valence-corrected chi connectivity index (χ2v) is 8.89. The number of anilines is 1. The van der Waals surface area contributed by atoms with E-state index in [1.807, 2.05) is 25.1 Å². The number of hydroxylamine groups is 2. The predicted molar refractivity (Wildman–Crippen MR) is 136 cm³/mol. The molecule has 0 saturated heterocycles. The molecule has 1 aliphatic rings. The number of carbonyl (C=O) groups excluding carboxylic acids is 4. The lowest BCUT2D eigenvalue weighted by Crippen LogP contribution is -2.34. The van der Waals surface area contributed by atoms with Gasteiger partial charge in [-0.15, -0.1) is 0 Å². The maximum Gasteiger partial charge on any atom is 0.329 e. The highest BCUT2D eigenvalue weighted by Gasteiger charge is 2.36. The Hall–Kier alpha value is -4.08. The van der Waals surface area contributed by atoms with E-state index in [1.54, 1.807) is 44.1 Å². The minimum Gasteiger partial charge on any atom is -0.493 e. The first-order valence-corrected chi connectivity index (χ1v) is 12.1. The first kappa shape index (κ1) is 27.5. The Bertz CT molecular complexity index is 1160. The summed E-state index contributed by atoms with van der Waals surface area (Å²) in [6.07, 6.45) is 0.704. The number of nitrogens with zero attached hydrogens (tertiary/aromatic N) is 2. The molecule has 3 amide bonds. The lowest BCUT2D eigenvalue weighted by molar-refractivity contribution is -0.189. The van der Waals surface area contributed by atoms with E-state index in [0.29, 0.717) is 42.3 Å². The summed E-state index contributed by atoms with van der Waals surface area (Å²) in [5.74, 6) is -0.235. The van der Waals surface area contributed by atoms with Crippen LogP contribution in [0.1, 0.15) is 61.6 Å². The standard InChI is InChI=1S/C27H33N3O7/c1-6-36-24-14-19(10-11-23(24)35-5)22(12-13-29(16-31)37-18(4)32)30-15-20-8-7-9-21(25(20)27(30)34)28-26(33)17(2)3/h7-11,14,16-17,22H,6,12-13,15H2,1-5H3,(H,28,33)/t22-/m0/s1. The molecule has 37 heavy (non-hydrogen) atoms. The fourth-order valence-electron chi connectivity index (χ4n) is 4.22. The Morgan fingerprint density at radius 1 is 1.19 bits per heavy atom. The van der Waals surface area contributed by atoms with E-state index in [-0.39, 0.29) is 30.7 Å². The van der Waals surface area contributed by atoms with E-state index >= 15 is 0 Å². The number of hydrogen-bond donors (Lipinski definition) is 1. The molecule has 0 saturated carbocycles. The molecule has 2 aromatic carbocycles. The number of benzene rings is 2. The maximum atomic E-state index is 13.8. The minimum absolute atomic E-state index is 0.0564. The van der Waals surface area contributed by atoms with Crippen molar-refractivity contribution in [2.24, 2.45) is 5.92 Å². The van der Waals surface area contributed by atoms with Crippen LogP contribution in [0.25, 0.3) is 0 Å². The molecule has 0 spiro atoms. The summed E-state index contributed by atoms with van der Waals surface area (Å²) in [4.78, 5) is 55.6. The van der Waals surface area contributed by atoms with E-state index in [4.69, 9.17) is 14.3 Å². The normalized spacial score (nSPS) is 13.1. The van der Waals surface area contributed by atoms with Gasteiger partial charge in [0, 0.05) is 19.4 Å². The van der Waals surface area contributed by atoms with Gasteiger partial charge < -0.3 is 24.5 Å². The van der Waals surface area contributed by atoms with E-state index in [9.17, 15) is 19.2 Å². The monoisotopic (exact) mass is 511 g/mol. The number of hydrogen-bond acceptors (Lipinski definition) is 7. The molecule has 1 N–H and O–H groups in total. The van der Waals surface area contributed by atoms with E-state index in [1.165, 1.54) is 6.92 Å². The molecule has 198 valence electrons. The molecule has 0 unspecified atom stereocenters. The van der Waals surface area contributed by atoms with Gasteiger partial charge in [-0.1, -0.05) is 32.0 Å². The molecule has 1 atom stereocenters. The van der Waals surface area contributed by atoms with Crippen molar-refractivity contribution < 1.29 is 33.5 Å². The smallest absolute Gasteiger partial charge is 0.329 e. The number of fused-ring (bicyclic) bond motifs is 1. The van der Waals surface area contributed by atoms with Crippen molar-refractivity contribution in [3.8, 4) is 11.5 Å². The molecule has 0 radical (unpaired) electrons. The molecule has 10 nitrogen and oxygen atoms in total. The Morgan fingerprint density at radius 2 is 1.95 bits per heavy atom. The Morgan fingerprint density at radius 3 is 2.57 bits per heavy atom. The Kier molecular flexibility index (Phi) is 9.10. The molecule has 10 heteroatoms. The average Bonchev–Trinajstić information content (AvgIpc) is 3.20. The van der Waals surface area contributed by atoms with Gasteiger partial charge in [-0.2, -0.15) is 5.06 Å². The number of rotatable bonds is 12. The van der Waals surface area contributed by atoms with E-state index in [0.717, 1.165) is 16.2 Å². The summed E-state index contributed by atoms with van der Waals surface area (Å²) in [6.45, 7) is 7.41. The molecule has 1 heterocycles. The van der Waals surface area contributed by atoms with E-state index < -0.39 is 12.0 Å². The van der Waals surface area contributed by atoms with Crippen LogP contribution in [0.4, 0.5) is 5.69 Å². The van der Waals surface area contributed by atoms with Crippen LogP contribution in [0.5, 0.6) is 11.5 Å². The molecule has 0 bridgehead atoms. The summed E-state index contributed by atoms with van der Waals surface area (Å²) >= 11 is 0. The zero-order valence-corrected chi connectivity index (χ0v) is 21.8. The zero-order valence-electron chi connectivity index (χ0n) is 21.8. The summed E-state index contributed by atoms with van der Waals surface area (Å²) in [6, 6.07) is 10.3. The quantitative estimate of drug-likeness (QED) is 0.341. The van der Waals surface area contributed by atoms with Crippen molar-refractivity contribution in [3.63, 3.8) is 0 Å². The summed E-state index contributed by atoms with van der Waals surface area (Å²) < 4.78 is 11.1. The highest BCUT2D eigenvalue weighted by Crippen LogP contribution is 2.39. The number of nitrogens with one attached hydrogen (secondary N) is 1. The van der Waals surface area contributed by atoms with Crippen molar-refractivity contribution in [1.29, 1.82) is 0 Å². The van der Waals surface area contributed by atoms with Crippen LogP contribution in [0, 0.1) is 5.92 Å². The topological polar surface area (TPSA) is 114 Å². The Balaban J connectivity index is 1.99. The fraction of sp³-hybridized carbons (Fsp3) is 0.407. The van der Waals surface area contributed by atoms with Gasteiger partial charge in [0.2, 0.25) is 12.3 Å². The SMILES string of the molecule is CCOc1cc([C@H](CCN(C=O)OC(C)=O)N2Cc3cccc(NC(=O)C(C)C)c3C2=O)ccc1OC. The molecular weight excluding hydrogens is 478 g/mol. The van der Waals surface area contributed by atoms with Crippen molar-refractivity contribution >= 4 is 29.9 Å². The van der Waals surface area contributed by atoms with Crippen LogP contribution in [0.2, 0.25) is 0 Å². The molecule has 3 rings (SSSR count). The van der Waals surface area contributed by atoms with Gasteiger partial charge in [0.15, 0.2) is 11.5 Å². The van der Waals surface area contributed by atoms with Gasteiger partial charge >= 0.3 is 5.97 Å². The van der Waals surface area contributed by atoms with Crippen molar-refractivity contribution in [2.45, 2.75) is 46.7 Å². The first-order valence-electron chi connectivity index (χ1n) is 12.1. The maximum absolute atomic E-state index is 13.8. The largest absolute Gasteiger partial charge is 0.493 e. The number of carbonyl (C=O) groups is 4. The third kappa shape index (κ3) is 6.38. The number of methoxy groups -OCH3 is 1. The lowest BCUT2D eigenvalue weighted by Gasteiger charge is -2.30. The van der Waals surface area contributed by atoms with Crippen LogP contribution < -0.4 is 14.8 Å². The second-order valence-electron chi connectivity index (χ2n) is 8.89. The van der Waals surface area contributed by atoms with Gasteiger partial charge in [-0.25, -0.2) is 0 Å². The van der Waals surface area contributed by atoms with Crippen molar-refractivity contribution in [1.82, 2.24) is 9.96 Å². The summed E-state index contributed by atoms with van der Waals surface area (Å²) in [5.41, 5.74) is 2.43. The van der Waals surface area contributed by atoms with Crippen LogP contribution in [0.3, 0.4) is 0 Å². The van der Waals surface area contributed by atoms with Gasteiger partial charge in [0.05, 0.1) is 37.6 Å². The first-order chi connectivity index (χ1) is 17.7.